The molecule has 0 aliphatic rings. The van der Waals surface area contributed by atoms with Gasteiger partial charge in [0.05, 0.1) is 0 Å². The second-order valence-corrected chi connectivity index (χ2v) is 3.20. The van der Waals surface area contributed by atoms with E-state index in [9.17, 15) is 4.79 Å². The van der Waals surface area contributed by atoms with E-state index in [-0.39, 0.29) is 23.7 Å². The van der Waals surface area contributed by atoms with Crippen LogP contribution in [0, 0.1) is 0 Å². The number of carbonyl (C=O) groups excluding carboxylic acids is 1. The first kappa shape index (κ1) is 11.4. The molecular formula is C8H15N5O2. The summed E-state index contributed by atoms with van der Waals surface area (Å²) in [5.74, 6) is -0.135. The van der Waals surface area contributed by atoms with Crippen LogP contribution in [0.15, 0.2) is 0 Å². The molecule has 1 unspecified atom stereocenters. The normalized spacial score (nSPS) is 12.4. The highest BCUT2D eigenvalue weighted by Crippen LogP contribution is 1.96. The van der Waals surface area contributed by atoms with E-state index in [0.717, 1.165) is 6.42 Å². The van der Waals surface area contributed by atoms with E-state index in [1.807, 2.05) is 6.92 Å². The van der Waals surface area contributed by atoms with E-state index in [1.54, 1.807) is 7.11 Å². The third-order valence-electron chi connectivity index (χ3n) is 1.85. The molecule has 84 valence electrons. The number of hydrogen-bond acceptors (Lipinski definition) is 5. The lowest BCUT2D eigenvalue weighted by Crippen LogP contribution is -2.34. The zero-order valence-electron chi connectivity index (χ0n) is 8.78. The smallest absolute Gasteiger partial charge is 0.288 e. The highest BCUT2D eigenvalue weighted by atomic mass is 16.5. The van der Waals surface area contributed by atoms with Crippen molar-refractivity contribution < 1.29 is 9.53 Å². The Morgan fingerprint density at radius 1 is 1.73 bits per heavy atom. The van der Waals surface area contributed by atoms with Gasteiger partial charge in [0.2, 0.25) is 11.8 Å². The second kappa shape index (κ2) is 5.30. The third kappa shape index (κ3) is 3.55. The van der Waals surface area contributed by atoms with Gasteiger partial charge in [-0.3, -0.25) is 9.89 Å². The molecule has 1 aromatic rings. The molecule has 7 nitrogen and oxygen atoms in total. The topological polar surface area (TPSA) is 106 Å². The largest absolute Gasteiger partial charge is 0.385 e. The summed E-state index contributed by atoms with van der Waals surface area (Å²) >= 11 is 0. The predicted molar refractivity (Wildman–Crippen MR) is 54.2 cm³/mol. The lowest BCUT2D eigenvalue weighted by Gasteiger charge is -2.11. The monoisotopic (exact) mass is 213 g/mol. The van der Waals surface area contributed by atoms with Crippen LogP contribution in [0.3, 0.4) is 0 Å². The van der Waals surface area contributed by atoms with Gasteiger partial charge in [0, 0.05) is 19.8 Å². The highest BCUT2D eigenvalue weighted by Gasteiger charge is 2.12. The molecule has 1 aromatic heterocycles. The summed E-state index contributed by atoms with van der Waals surface area (Å²) in [7, 11) is 1.62. The molecule has 0 aromatic carbocycles. The SMILES string of the molecule is COCCC(C)NC(=O)c1nc(N)n[nH]1. The number of anilines is 1. The molecule has 15 heavy (non-hydrogen) atoms. The van der Waals surface area contributed by atoms with E-state index in [2.05, 4.69) is 20.5 Å². The Hall–Kier alpha value is -1.63. The molecule has 7 heteroatoms. The first-order valence-corrected chi connectivity index (χ1v) is 4.61. The number of aromatic nitrogens is 3. The van der Waals surface area contributed by atoms with E-state index in [0.29, 0.717) is 6.61 Å². The molecule has 4 N–H and O–H groups in total. The maximum atomic E-state index is 11.5. The summed E-state index contributed by atoms with van der Waals surface area (Å²) in [6.45, 7) is 2.48. The van der Waals surface area contributed by atoms with Gasteiger partial charge in [0.1, 0.15) is 0 Å². The summed E-state index contributed by atoms with van der Waals surface area (Å²) in [6.07, 6.45) is 0.742. The number of nitrogen functional groups attached to an aromatic ring is 1. The van der Waals surface area contributed by atoms with Crippen LogP contribution in [0.1, 0.15) is 24.0 Å². The number of amides is 1. The number of carbonyl (C=O) groups is 1. The van der Waals surface area contributed by atoms with Crippen LogP contribution in [0.25, 0.3) is 0 Å². The Labute approximate surface area is 87.4 Å². The van der Waals surface area contributed by atoms with Crippen molar-refractivity contribution in [3.8, 4) is 0 Å². The fourth-order valence-electron chi connectivity index (χ4n) is 1.04. The van der Waals surface area contributed by atoms with Crippen molar-refractivity contribution in [3.05, 3.63) is 5.82 Å². The molecule has 0 radical (unpaired) electrons. The molecule has 0 saturated carbocycles. The minimum Gasteiger partial charge on any atom is -0.385 e. The van der Waals surface area contributed by atoms with Crippen molar-refractivity contribution in [3.63, 3.8) is 0 Å². The summed E-state index contributed by atoms with van der Waals surface area (Å²) in [4.78, 5) is 15.2. The Bertz CT molecular complexity index is 325. The molecule has 0 fully saturated rings. The van der Waals surface area contributed by atoms with Gasteiger partial charge in [0.15, 0.2) is 0 Å². The number of nitrogens with zero attached hydrogens (tertiary/aromatic N) is 2. The van der Waals surface area contributed by atoms with Gasteiger partial charge in [-0.15, -0.1) is 5.10 Å². The van der Waals surface area contributed by atoms with Gasteiger partial charge < -0.3 is 15.8 Å². The van der Waals surface area contributed by atoms with Crippen LogP contribution < -0.4 is 11.1 Å². The van der Waals surface area contributed by atoms with E-state index in [4.69, 9.17) is 10.5 Å². The van der Waals surface area contributed by atoms with Crippen molar-refractivity contribution in [2.24, 2.45) is 0 Å². The number of aromatic amines is 1. The van der Waals surface area contributed by atoms with Crippen molar-refractivity contribution in [2.45, 2.75) is 19.4 Å². The quantitative estimate of drug-likeness (QED) is 0.613. The minimum atomic E-state index is -0.317. The third-order valence-corrected chi connectivity index (χ3v) is 1.85. The molecule has 0 aliphatic carbocycles. The number of H-pyrrole nitrogens is 1. The van der Waals surface area contributed by atoms with Gasteiger partial charge in [-0.2, -0.15) is 4.98 Å². The summed E-state index contributed by atoms with van der Waals surface area (Å²) < 4.78 is 4.90. The average Bonchev–Trinajstić information content (AvgIpc) is 2.61. The molecule has 0 bridgehead atoms. The summed E-state index contributed by atoms with van der Waals surface area (Å²) in [5.41, 5.74) is 5.27. The Kier molecular flexibility index (Phi) is 4.04. The Balaban J connectivity index is 2.42. The zero-order chi connectivity index (χ0) is 11.3. The molecule has 0 spiro atoms. The van der Waals surface area contributed by atoms with Crippen LogP contribution in [0.4, 0.5) is 5.95 Å². The van der Waals surface area contributed by atoms with Gasteiger partial charge in [-0.05, 0) is 13.3 Å². The number of hydrogen-bond donors (Lipinski definition) is 3. The lowest BCUT2D eigenvalue weighted by atomic mass is 10.2. The second-order valence-electron chi connectivity index (χ2n) is 3.20. The lowest BCUT2D eigenvalue weighted by molar-refractivity contribution is 0.0919. The van der Waals surface area contributed by atoms with E-state index < -0.39 is 0 Å². The minimum absolute atomic E-state index is 0.0174. The van der Waals surface area contributed by atoms with Gasteiger partial charge in [-0.1, -0.05) is 0 Å². The van der Waals surface area contributed by atoms with Crippen molar-refractivity contribution in [1.82, 2.24) is 20.5 Å². The Morgan fingerprint density at radius 2 is 2.47 bits per heavy atom. The maximum Gasteiger partial charge on any atom is 0.288 e. The first-order chi connectivity index (χ1) is 7.13. The summed E-state index contributed by atoms with van der Waals surface area (Å²) in [6, 6.07) is 0.0174. The van der Waals surface area contributed by atoms with E-state index in [1.165, 1.54) is 0 Å². The first-order valence-electron chi connectivity index (χ1n) is 4.61. The molecule has 0 saturated heterocycles. The Morgan fingerprint density at radius 3 is 3.00 bits per heavy atom. The number of methoxy groups -OCH3 is 1. The molecule has 1 atom stereocenters. The fraction of sp³-hybridized carbons (Fsp3) is 0.625. The number of rotatable bonds is 5. The molecule has 1 rings (SSSR count). The molecule has 1 heterocycles. The summed E-state index contributed by atoms with van der Waals surface area (Å²) in [5, 5.41) is 8.74. The zero-order valence-corrected chi connectivity index (χ0v) is 8.78. The van der Waals surface area contributed by atoms with Crippen LogP contribution in [0.2, 0.25) is 0 Å². The maximum absolute atomic E-state index is 11.5. The van der Waals surface area contributed by atoms with Crippen LogP contribution in [-0.4, -0.2) is 40.8 Å². The predicted octanol–water partition coefficient (Wildman–Crippen LogP) is -0.458. The number of ether oxygens (including phenoxy) is 1. The number of nitrogens with one attached hydrogen (secondary N) is 2. The number of nitrogens with two attached hydrogens (primary N) is 1. The van der Waals surface area contributed by atoms with E-state index >= 15 is 0 Å². The van der Waals surface area contributed by atoms with Crippen molar-refractivity contribution in [2.75, 3.05) is 19.5 Å². The van der Waals surface area contributed by atoms with Crippen LogP contribution in [0.5, 0.6) is 0 Å². The molecular weight excluding hydrogens is 198 g/mol. The standard InChI is InChI=1S/C8H15N5O2/c1-5(3-4-15-2)10-7(14)6-11-8(9)13-12-6/h5H,3-4H2,1-2H3,(H,10,14)(H3,9,11,12,13). The molecule has 0 aliphatic heterocycles. The van der Waals surface area contributed by atoms with Gasteiger partial charge >= 0.3 is 0 Å². The van der Waals surface area contributed by atoms with Crippen LogP contribution in [-0.2, 0) is 4.74 Å². The average molecular weight is 213 g/mol. The molecule has 1 amide bonds. The van der Waals surface area contributed by atoms with Crippen molar-refractivity contribution >= 4 is 11.9 Å². The highest BCUT2D eigenvalue weighted by molar-refractivity contribution is 5.90. The van der Waals surface area contributed by atoms with Crippen molar-refractivity contribution in [1.29, 1.82) is 0 Å². The van der Waals surface area contributed by atoms with Crippen LogP contribution >= 0.6 is 0 Å². The van der Waals surface area contributed by atoms with Gasteiger partial charge in [-0.25, -0.2) is 0 Å². The van der Waals surface area contributed by atoms with Gasteiger partial charge in [0.25, 0.3) is 5.91 Å². The fourth-order valence-corrected chi connectivity index (χ4v) is 1.04.